The zero-order valence-electron chi connectivity index (χ0n) is 15.2. The van der Waals surface area contributed by atoms with Gasteiger partial charge < -0.3 is 4.42 Å². The van der Waals surface area contributed by atoms with Crippen molar-refractivity contribution in [2.24, 2.45) is 10.1 Å². The number of nitrogens with zero attached hydrogens (tertiary/aromatic N) is 3. The van der Waals surface area contributed by atoms with E-state index >= 15 is 0 Å². The molecule has 7 heteroatoms. The molecule has 0 saturated carbocycles. The zero-order valence-corrected chi connectivity index (χ0v) is 16.0. The molecule has 2 aliphatic heterocycles. The van der Waals surface area contributed by atoms with E-state index in [1.54, 1.807) is 23.0 Å². The number of amides is 1. The Bertz CT molecular complexity index is 968. The Morgan fingerprint density at radius 3 is 2.89 bits per heavy atom. The van der Waals surface area contributed by atoms with Gasteiger partial charge in [0.05, 0.1) is 11.6 Å². The number of furan rings is 1. The average Bonchev–Trinajstić information content (AvgIpc) is 3.21. The van der Waals surface area contributed by atoms with E-state index in [4.69, 9.17) is 14.5 Å². The number of hydrogen-bond donors (Lipinski definition) is 1. The number of fused-ring (bicyclic) bond motifs is 2. The largest absolute Gasteiger partial charge is 0.465 e. The van der Waals surface area contributed by atoms with Crippen LogP contribution in [0.15, 0.2) is 57.2 Å². The quantitative estimate of drug-likeness (QED) is 0.780. The number of rotatable bonds is 6. The molecule has 0 bridgehead atoms. The van der Waals surface area contributed by atoms with Crippen molar-refractivity contribution in [2.45, 2.75) is 38.8 Å². The molecule has 1 atom stereocenters. The minimum Gasteiger partial charge on any atom is -0.465 e. The topological polar surface area (TPSA) is 70.2 Å². The van der Waals surface area contributed by atoms with Crippen LogP contribution in [0.4, 0.5) is 0 Å². The smallest absolute Gasteiger partial charge is 0.276 e. The van der Waals surface area contributed by atoms with Gasteiger partial charge in [-0.2, -0.15) is 0 Å². The minimum atomic E-state index is -0.480. The van der Waals surface area contributed by atoms with Gasteiger partial charge in [0.1, 0.15) is 11.5 Å². The van der Waals surface area contributed by atoms with Gasteiger partial charge >= 0.3 is 0 Å². The summed E-state index contributed by atoms with van der Waals surface area (Å²) in [5, 5.41) is 11.5. The van der Waals surface area contributed by atoms with Crippen molar-refractivity contribution in [2.75, 3.05) is 5.75 Å². The van der Waals surface area contributed by atoms with Crippen molar-refractivity contribution in [1.82, 2.24) is 10.3 Å². The summed E-state index contributed by atoms with van der Waals surface area (Å²) in [5.41, 5.74) is 0.511. The number of carbonyl (C=O) groups is 1. The highest BCUT2D eigenvalue weighted by atomic mass is 32.2. The Kier molecular flexibility index (Phi) is 5.29. The fraction of sp³-hybridized carbons (Fsp3) is 0.350. The monoisotopic (exact) mass is 382 g/mol. The van der Waals surface area contributed by atoms with E-state index < -0.39 is 6.17 Å². The van der Waals surface area contributed by atoms with E-state index in [0.29, 0.717) is 16.6 Å². The molecule has 0 spiro atoms. The first-order valence-electron chi connectivity index (χ1n) is 9.30. The summed E-state index contributed by atoms with van der Waals surface area (Å²) in [6, 6.07) is 11.3. The molecule has 2 aromatic rings. The first-order valence-corrected chi connectivity index (χ1v) is 10.3. The predicted molar refractivity (Wildman–Crippen MR) is 106 cm³/mol. The molecule has 0 saturated heterocycles. The van der Waals surface area contributed by atoms with Gasteiger partial charge in [0, 0.05) is 11.0 Å². The molecule has 0 fully saturated rings. The molecule has 1 aromatic carbocycles. The van der Waals surface area contributed by atoms with Crippen LogP contribution in [0.3, 0.4) is 0 Å². The lowest BCUT2D eigenvalue weighted by Gasteiger charge is -2.32. The number of para-hydroxylation sites is 1. The standard InChI is InChI=1S/C20H22N4O2S/c1-2-3-4-7-13-27-20-22-19(25)17-14-9-5-6-10-15(14)21-18(24(17)23-20)16-11-8-12-26-16/h5-6,8-12,18H,2-4,7,13H2,1H3,(H,22,23,25)/t18-/m0/s1. The second-order valence-electron chi connectivity index (χ2n) is 6.50. The van der Waals surface area contributed by atoms with Crippen molar-refractivity contribution >= 4 is 28.5 Å². The Hall–Kier alpha value is -2.54. The minimum absolute atomic E-state index is 0.153. The number of benzene rings is 1. The van der Waals surface area contributed by atoms with Crippen LogP contribution in [0.2, 0.25) is 0 Å². The molecule has 0 unspecified atom stereocenters. The average molecular weight is 382 g/mol. The molecule has 4 rings (SSSR count). The number of unbranched alkanes of at least 4 members (excludes halogenated alkanes) is 3. The third kappa shape index (κ3) is 3.64. The zero-order chi connectivity index (χ0) is 18.6. The summed E-state index contributed by atoms with van der Waals surface area (Å²) < 4.78 is 5.58. The number of amidine groups is 1. The Morgan fingerprint density at radius 2 is 2.07 bits per heavy atom. The first-order chi connectivity index (χ1) is 13.3. The molecule has 2 aliphatic rings. The number of thioether (sulfide) groups is 1. The summed E-state index contributed by atoms with van der Waals surface area (Å²) in [7, 11) is 0. The van der Waals surface area contributed by atoms with Crippen LogP contribution in [0.25, 0.3) is 5.70 Å². The molecule has 1 amide bonds. The van der Waals surface area contributed by atoms with Crippen molar-refractivity contribution in [1.29, 1.82) is 0 Å². The first kappa shape index (κ1) is 17.9. The maximum absolute atomic E-state index is 12.9. The van der Waals surface area contributed by atoms with E-state index in [1.165, 1.54) is 19.3 Å². The number of hydrazone groups is 1. The van der Waals surface area contributed by atoms with E-state index in [0.717, 1.165) is 22.7 Å². The SMILES string of the molecule is CCCCCCSC1=NN2C(=c3ccccc3=N[C@@H]2c2ccco2)C(=O)N1. The lowest BCUT2D eigenvalue weighted by atomic mass is 10.1. The fourth-order valence-corrected chi connectivity index (χ4v) is 4.07. The second kappa shape index (κ2) is 8.00. The highest BCUT2D eigenvalue weighted by Crippen LogP contribution is 2.30. The van der Waals surface area contributed by atoms with Crippen molar-refractivity contribution in [3.8, 4) is 0 Å². The van der Waals surface area contributed by atoms with E-state index in [1.807, 2.05) is 36.4 Å². The molecule has 0 radical (unpaired) electrons. The van der Waals surface area contributed by atoms with Crippen molar-refractivity contribution < 1.29 is 9.21 Å². The van der Waals surface area contributed by atoms with Gasteiger partial charge in [-0.1, -0.05) is 56.1 Å². The maximum Gasteiger partial charge on any atom is 0.276 e. The molecule has 0 aliphatic carbocycles. The van der Waals surface area contributed by atoms with Crippen LogP contribution in [0.1, 0.15) is 44.5 Å². The van der Waals surface area contributed by atoms with Crippen LogP contribution in [0, 0.1) is 0 Å². The molecular weight excluding hydrogens is 360 g/mol. The van der Waals surface area contributed by atoms with Gasteiger partial charge in [0.2, 0.25) is 6.17 Å². The predicted octanol–water partition coefficient (Wildman–Crippen LogP) is 2.74. The van der Waals surface area contributed by atoms with Gasteiger partial charge in [-0.25, -0.2) is 10.0 Å². The summed E-state index contributed by atoms with van der Waals surface area (Å²) in [6.07, 6.45) is 5.89. The van der Waals surface area contributed by atoms with Gasteiger partial charge in [-0.15, -0.1) is 5.10 Å². The lowest BCUT2D eigenvalue weighted by molar-refractivity contribution is -0.116. The summed E-state index contributed by atoms with van der Waals surface area (Å²) in [5.74, 6) is 1.44. The second-order valence-corrected chi connectivity index (χ2v) is 7.58. The molecular formula is C20H22N4O2S. The van der Waals surface area contributed by atoms with Gasteiger partial charge in [0.25, 0.3) is 5.91 Å². The molecule has 1 N–H and O–H groups in total. The van der Waals surface area contributed by atoms with Gasteiger partial charge in [-0.05, 0) is 24.6 Å². The van der Waals surface area contributed by atoms with Crippen LogP contribution in [0.5, 0.6) is 0 Å². The van der Waals surface area contributed by atoms with Crippen LogP contribution >= 0.6 is 11.8 Å². The van der Waals surface area contributed by atoms with E-state index in [-0.39, 0.29) is 5.91 Å². The molecule has 3 heterocycles. The summed E-state index contributed by atoms with van der Waals surface area (Å²) in [6.45, 7) is 2.20. The number of carbonyl (C=O) groups excluding carboxylic acids is 1. The van der Waals surface area contributed by atoms with Crippen LogP contribution in [-0.2, 0) is 4.79 Å². The van der Waals surface area contributed by atoms with Crippen LogP contribution in [-0.4, -0.2) is 21.8 Å². The Morgan fingerprint density at radius 1 is 1.19 bits per heavy atom. The summed E-state index contributed by atoms with van der Waals surface area (Å²) in [4.78, 5) is 17.7. The number of hydrogen-bond acceptors (Lipinski definition) is 6. The molecule has 140 valence electrons. The van der Waals surface area contributed by atoms with Crippen LogP contribution < -0.4 is 15.9 Å². The third-order valence-corrected chi connectivity index (χ3v) is 5.50. The molecule has 1 aromatic heterocycles. The normalized spacial score (nSPS) is 18.3. The van der Waals surface area contributed by atoms with E-state index in [2.05, 4.69) is 12.2 Å². The fourth-order valence-electron chi connectivity index (χ4n) is 3.21. The van der Waals surface area contributed by atoms with E-state index in [9.17, 15) is 4.79 Å². The van der Waals surface area contributed by atoms with Gasteiger partial charge in [0.15, 0.2) is 5.17 Å². The van der Waals surface area contributed by atoms with Crippen molar-refractivity contribution in [3.63, 3.8) is 0 Å². The van der Waals surface area contributed by atoms with Gasteiger partial charge in [-0.3, -0.25) is 10.1 Å². The highest BCUT2D eigenvalue weighted by Gasteiger charge is 2.35. The maximum atomic E-state index is 12.9. The van der Waals surface area contributed by atoms with Crippen molar-refractivity contribution in [3.05, 3.63) is 59.0 Å². The highest BCUT2D eigenvalue weighted by molar-refractivity contribution is 8.13. The number of nitrogens with one attached hydrogen (secondary N) is 1. The third-order valence-electron chi connectivity index (χ3n) is 4.55. The lowest BCUT2D eigenvalue weighted by Crippen LogP contribution is -2.50. The molecule has 27 heavy (non-hydrogen) atoms. The Balaban J connectivity index is 1.68. The summed E-state index contributed by atoms with van der Waals surface area (Å²) >= 11 is 1.58. The molecule has 6 nitrogen and oxygen atoms in total. The Labute approximate surface area is 162 Å².